The third-order valence-corrected chi connectivity index (χ3v) is 7.57. The van der Waals surface area contributed by atoms with Crippen molar-refractivity contribution < 1.29 is 14.3 Å². The average Bonchev–Trinajstić information content (AvgIpc) is 3.09. The van der Waals surface area contributed by atoms with E-state index in [1.54, 1.807) is 4.90 Å². The summed E-state index contributed by atoms with van der Waals surface area (Å²) in [6, 6.07) is 16.5. The highest BCUT2D eigenvalue weighted by Crippen LogP contribution is 2.76. The molecule has 3 aliphatic heterocycles. The molecule has 1 saturated carbocycles. The van der Waals surface area contributed by atoms with E-state index < -0.39 is 11.0 Å². The fraction of sp³-hybridized carbons (Fsp3) is 0.391. The van der Waals surface area contributed by atoms with Crippen LogP contribution < -0.4 is 9.80 Å². The SMILES string of the molecule is CCOC(=O)[C@@]12[C@H]3c4ccccc4N1C(=O)CC[C@@]21c2ccccc2N(C)[C@@H]31. The van der Waals surface area contributed by atoms with Crippen LogP contribution in [0.3, 0.4) is 0 Å². The Labute approximate surface area is 163 Å². The van der Waals surface area contributed by atoms with Crippen molar-refractivity contribution in [3.8, 4) is 0 Å². The first-order chi connectivity index (χ1) is 13.6. The molecule has 28 heavy (non-hydrogen) atoms. The van der Waals surface area contributed by atoms with Gasteiger partial charge in [0, 0.05) is 30.8 Å². The third kappa shape index (κ3) is 1.37. The number of nitrogens with zero attached hydrogens (tertiary/aromatic N) is 2. The quantitative estimate of drug-likeness (QED) is 0.759. The van der Waals surface area contributed by atoms with Crippen LogP contribution in [0.4, 0.5) is 11.4 Å². The fourth-order valence-electron chi connectivity index (χ4n) is 6.89. The van der Waals surface area contributed by atoms with Crippen molar-refractivity contribution in [1.29, 1.82) is 0 Å². The molecule has 1 amide bonds. The molecule has 0 N–H and O–H groups in total. The average molecular weight is 374 g/mol. The molecule has 142 valence electrons. The number of carbonyl (C=O) groups is 2. The van der Waals surface area contributed by atoms with Gasteiger partial charge in [-0.2, -0.15) is 0 Å². The zero-order chi connectivity index (χ0) is 19.3. The summed E-state index contributed by atoms with van der Waals surface area (Å²) in [7, 11) is 2.12. The molecule has 1 saturated heterocycles. The molecule has 6 rings (SSSR count). The summed E-state index contributed by atoms with van der Waals surface area (Å²) < 4.78 is 5.67. The van der Waals surface area contributed by atoms with E-state index in [4.69, 9.17) is 4.74 Å². The molecule has 3 heterocycles. The van der Waals surface area contributed by atoms with Gasteiger partial charge in [-0.25, -0.2) is 4.79 Å². The van der Waals surface area contributed by atoms with Crippen LogP contribution in [-0.2, 0) is 19.7 Å². The number of amides is 1. The van der Waals surface area contributed by atoms with Crippen LogP contribution in [0.2, 0.25) is 0 Å². The Morgan fingerprint density at radius 2 is 1.86 bits per heavy atom. The smallest absolute Gasteiger partial charge is 0.334 e. The molecular formula is C23H22N2O3. The summed E-state index contributed by atoms with van der Waals surface area (Å²) in [6.45, 7) is 2.14. The number of carbonyl (C=O) groups excluding carboxylic acids is 2. The van der Waals surface area contributed by atoms with Crippen LogP contribution in [0.1, 0.15) is 36.8 Å². The molecule has 4 atom stereocenters. The lowest BCUT2D eigenvalue weighted by atomic mass is 9.41. The van der Waals surface area contributed by atoms with Gasteiger partial charge in [-0.05, 0) is 36.6 Å². The van der Waals surface area contributed by atoms with E-state index >= 15 is 0 Å². The monoisotopic (exact) mass is 374 g/mol. The second-order valence-electron chi connectivity index (χ2n) is 8.30. The van der Waals surface area contributed by atoms with Gasteiger partial charge < -0.3 is 9.64 Å². The van der Waals surface area contributed by atoms with Crippen molar-refractivity contribution in [3.63, 3.8) is 0 Å². The zero-order valence-electron chi connectivity index (χ0n) is 16.0. The maximum atomic E-state index is 13.7. The number of piperidine rings is 1. The lowest BCUT2D eigenvalue weighted by Gasteiger charge is -2.67. The van der Waals surface area contributed by atoms with E-state index in [9.17, 15) is 9.59 Å². The molecule has 0 unspecified atom stereocenters. The van der Waals surface area contributed by atoms with E-state index in [2.05, 4.69) is 30.1 Å². The minimum atomic E-state index is -0.979. The second kappa shape index (κ2) is 4.96. The van der Waals surface area contributed by atoms with E-state index in [1.807, 2.05) is 37.3 Å². The first-order valence-electron chi connectivity index (χ1n) is 10.0. The first kappa shape index (κ1) is 16.2. The van der Waals surface area contributed by atoms with Gasteiger partial charge in [0.05, 0.1) is 18.1 Å². The number of anilines is 2. The van der Waals surface area contributed by atoms with Gasteiger partial charge in [0.25, 0.3) is 0 Å². The molecule has 2 fully saturated rings. The predicted molar refractivity (Wildman–Crippen MR) is 106 cm³/mol. The fourth-order valence-corrected chi connectivity index (χ4v) is 6.89. The van der Waals surface area contributed by atoms with E-state index in [0.717, 1.165) is 16.9 Å². The van der Waals surface area contributed by atoms with Gasteiger partial charge in [-0.15, -0.1) is 0 Å². The minimum absolute atomic E-state index is 0.0270. The number of hydrogen-bond donors (Lipinski definition) is 0. The van der Waals surface area contributed by atoms with Crippen LogP contribution in [0.15, 0.2) is 48.5 Å². The van der Waals surface area contributed by atoms with E-state index in [0.29, 0.717) is 19.4 Å². The van der Waals surface area contributed by atoms with Crippen molar-refractivity contribution in [2.45, 2.75) is 42.7 Å². The van der Waals surface area contributed by atoms with E-state index in [-0.39, 0.29) is 23.8 Å². The summed E-state index contributed by atoms with van der Waals surface area (Å²) in [4.78, 5) is 31.0. The summed E-state index contributed by atoms with van der Waals surface area (Å²) >= 11 is 0. The summed E-state index contributed by atoms with van der Waals surface area (Å²) in [5.41, 5.74) is 2.90. The van der Waals surface area contributed by atoms with Gasteiger partial charge in [-0.3, -0.25) is 9.69 Å². The lowest BCUT2D eigenvalue weighted by molar-refractivity contribution is -0.167. The van der Waals surface area contributed by atoms with Crippen molar-refractivity contribution >= 4 is 23.3 Å². The maximum absolute atomic E-state index is 13.7. The number of likely N-dealkylation sites (N-methyl/N-ethyl adjacent to an activating group) is 1. The van der Waals surface area contributed by atoms with Gasteiger partial charge in [0.15, 0.2) is 5.54 Å². The van der Waals surface area contributed by atoms with Gasteiger partial charge in [0.1, 0.15) is 0 Å². The molecule has 5 nitrogen and oxygen atoms in total. The van der Waals surface area contributed by atoms with Crippen molar-refractivity contribution in [2.24, 2.45) is 0 Å². The first-order valence-corrected chi connectivity index (χ1v) is 10.0. The van der Waals surface area contributed by atoms with Crippen LogP contribution in [0.5, 0.6) is 0 Å². The Morgan fingerprint density at radius 3 is 2.64 bits per heavy atom. The van der Waals surface area contributed by atoms with Crippen LogP contribution in [0, 0.1) is 0 Å². The summed E-state index contributed by atoms with van der Waals surface area (Å²) in [5.74, 6) is -0.311. The third-order valence-electron chi connectivity index (χ3n) is 7.57. The topological polar surface area (TPSA) is 49.9 Å². The predicted octanol–water partition coefficient (Wildman–Crippen LogP) is 2.98. The van der Waals surface area contributed by atoms with Gasteiger partial charge >= 0.3 is 5.97 Å². The highest BCUT2D eigenvalue weighted by Gasteiger charge is 2.86. The number of hydrogen-bond acceptors (Lipinski definition) is 4. The standard InChI is InChI=1S/C23H22N2O3/c1-3-28-21(27)23-19-14-8-4-6-10-16(14)25(23)18(26)12-13-22(23)15-9-5-7-11-17(15)24(2)20(19)22/h4-11,19-20H,3,12-13H2,1-2H3/t19-,20-,22-,23+/m0/s1. The molecule has 0 bridgehead atoms. The summed E-state index contributed by atoms with van der Waals surface area (Å²) in [5, 5.41) is 0. The minimum Gasteiger partial charge on any atom is -0.464 e. The van der Waals surface area contributed by atoms with Gasteiger partial charge in [-0.1, -0.05) is 36.4 Å². The Balaban J connectivity index is 1.70. The summed E-state index contributed by atoms with van der Waals surface area (Å²) in [6.07, 6.45) is 1.12. The second-order valence-corrected chi connectivity index (χ2v) is 8.30. The highest BCUT2D eigenvalue weighted by atomic mass is 16.5. The molecule has 0 radical (unpaired) electrons. The molecule has 5 heteroatoms. The van der Waals surface area contributed by atoms with E-state index in [1.165, 1.54) is 5.56 Å². The van der Waals surface area contributed by atoms with Crippen molar-refractivity contribution in [1.82, 2.24) is 0 Å². The van der Waals surface area contributed by atoms with Gasteiger partial charge in [0.2, 0.25) is 5.91 Å². The molecule has 1 aliphatic carbocycles. The van der Waals surface area contributed by atoms with Crippen molar-refractivity contribution in [3.05, 3.63) is 59.7 Å². The normalized spacial score (nSPS) is 33.6. The molecule has 0 aromatic heterocycles. The lowest BCUT2D eigenvalue weighted by Crippen LogP contribution is -2.85. The Kier molecular flexibility index (Phi) is 2.86. The number of ether oxygens (including phenoxy) is 1. The molecule has 2 aromatic rings. The molecule has 2 aromatic carbocycles. The zero-order valence-corrected chi connectivity index (χ0v) is 16.0. The highest BCUT2D eigenvalue weighted by molar-refractivity contribution is 6.12. The molecule has 1 spiro atoms. The maximum Gasteiger partial charge on any atom is 0.334 e. The van der Waals surface area contributed by atoms with Crippen LogP contribution in [0.25, 0.3) is 0 Å². The number of fused-ring (bicyclic) bond motifs is 5. The molecule has 4 aliphatic rings. The van der Waals surface area contributed by atoms with Crippen LogP contribution >= 0.6 is 0 Å². The number of esters is 1. The largest absolute Gasteiger partial charge is 0.464 e. The number of benzene rings is 2. The number of rotatable bonds is 2. The Morgan fingerprint density at radius 1 is 1.14 bits per heavy atom. The Hall–Kier alpha value is -2.82. The van der Waals surface area contributed by atoms with Crippen LogP contribution in [-0.4, -0.2) is 37.1 Å². The Bertz CT molecular complexity index is 1050. The molecular weight excluding hydrogens is 352 g/mol. The number of para-hydroxylation sites is 2. The van der Waals surface area contributed by atoms with Crippen molar-refractivity contribution in [2.75, 3.05) is 23.5 Å².